The van der Waals surface area contributed by atoms with Gasteiger partial charge >= 0.3 is 5.97 Å². The SMILES string of the molecule is COC(=O)[C@H](CCSC)NC(=O)c1ccc(CN(CCC2CCCCC2)S(=O)(=O)c2ccc(C(C)(C)C)cc2)cc1-c1ccccc1C. The van der Waals surface area contributed by atoms with Crippen molar-refractivity contribution in [1.82, 2.24) is 9.62 Å². The number of aryl methyl sites for hydroxylation is 1. The highest BCUT2D eigenvalue weighted by Crippen LogP contribution is 2.32. The number of amides is 1. The minimum absolute atomic E-state index is 0.0885. The highest BCUT2D eigenvalue weighted by atomic mass is 32.2. The van der Waals surface area contributed by atoms with Crippen LogP contribution < -0.4 is 5.32 Å². The average Bonchev–Trinajstić information content (AvgIpc) is 3.08. The number of rotatable bonds is 14. The molecule has 0 radical (unpaired) electrons. The van der Waals surface area contributed by atoms with E-state index in [0.717, 1.165) is 41.5 Å². The Kier molecular flexibility index (Phi) is 13.3. The molecule has 1 N–H and O–H groups in total. The summed E-state index contributed by atoms with van der Waals surface area (Å²) in [5.74, 6) is 0.341. The molecule has 0 bridgehead atoms. The Morgan fingerprint density at radius 3 is 2.29 bits per heavy atom. The van der Waals surface area contributed by atoms with E-state index >= 15 is 0 Å². The van der Waals surface area contributed by atoms with Gasteiger partial charge in [0, 0.05) is 18.7 Å². The smallest absolute Gasteiger partial charge is 0.328 e. The third-order valence-corrected chi connectivity index (χ3v) is 11.9. The van der Waals surface area contributed by atoms with E-state index in [-0.39, 0.29) is 22.8 Å². The predicted molar refractivity (Wildman–Crippen MR) is 197 cm³/mol. The first-order valence-electron chi connectivity index (χ1n) is 17.0. The summed E-state index contributed by atoms with van der Waals surface area (Å²) in [6.07, 6.45) is 9.13. The molecule has 48 heavy (non-hydrogen) atoms. The molecular formula is C39H52N2O5S2. The minimum Gasteiger partial charge on any atom is -0.467 e. The lowest BCUT2D eigenvalue weighted by molar-refractivity contribution is -0.142. The summed E-state index contributed by atoms with van der Waals surface area (Å²) in [6, 6.07) is 19.8. The van der Waals surface area contributed by atoms with Crippen molar-refractivity contribution in [2.45, 2.75) is 95.5 Å². The summed E-state index contributed by atoms with van der Waals surface area (Å²) in [7, 11) is -2.49. The number of ether oxygens (including phenoxy) is 1. The van der Waals surface area contributed by atoms with Gasteiger partial charge in [0.2, 0.25) is 10.0 Å². The van der Waals surface area contributed by atoms with E-state index in [4.69, 9.17) is 4.74 Å². The lowest BCUT2D eigenvalue weighted by Crippen LogP contribution is -2.42. The first-order chi connectivity index (χ1) is 22.8. The Balaban J connectivity index is 1.71. The number of carbonyl (C=O) groups excluding carboxylic acids is 2. The van der Waals surface area contributed by atoms with Crippen molar-refractivity contribution in [3.8, 4) is 11.1 Å². The standard InChI is InChI=1S/C39H52N2O5S2/c1-28-12-10-11-15-33(28)35-26-30(16-21-34(35)37(42)40-36(23-25-47-6)38(43)46-5)27-41(24-22-29-13-8-7-9-14-29)48(44,45)32-19-17-31(18-20-32)39(2,3)4/h10-12,15-21,26,29,36H,7-9,13-14,22-25,27H2,1-6H3,(H,40,42)/t36-/m0/s1. The van der Waals surface area contributed by atoms with E-state index < -0.39 is 22.0 Å². The molecule has 4 rings (SSSR count). The molecule has 3 aromatic rings. The van der Waals surface area contributed by atoms with Gasteiger partial charge in [0.15, 0.2) is 0 Å². The van der Waals surface area contributed by atoms with Crippen LogP contribution in [0.3, 0.4) is 0 Å². The molecule has 1 saturated carbocycles. The molecule has 0 heterocycles. The second-order valence-corrected chi connectivity index (χ2v) is 16.9. The summed E-state index contributed by atoms with van der Waals surface area (Å²) in [5, 5.41) is 2.89. The van der Waals surface area contributed by atoms with Crippen molar-refractivity contribution >= 4 is 33.7 Å². The molecule has 0 aromatic heterocycles. The quantitative estimate of drug-likeness (QED) is 0.172. The fourth-order valence-corrected chi connectivity index (χ4v) is 8.33. The van der Waals surface area contributed by atoms with Gasteiger partial charge in [0.25, 0.3) is 5.91 Å². The number of hydrogen-bond donors (Lipinski definition) is 1. The molecule has 1 amide bonds. The van der Waals surface area contributed by atoms with Crippen LogP contribution in [0.1, 0.15) is 92.8 Å². The molecule has 3 aromatic carbocycles. The Bertz CT molecular complexity index is 1640. The maximum absolute atomic E-state index is 14.3. The Morgan fingerprint density at radius 2 is 1.67 bits per heavy atom. The topological polar surface area (TPSA) is 92.8 Å². The van der Waals surface area contributed by atoms with Crippen molar-refractivity contribution < 1.29 is 22.7 Å². The summed E-state index contributed by atoms with van der Waals surface area (Å²) >= 11 is 1.59. The molecule has 0 unspecified atom stereocenters. The normalized spacial score (nSPS) is 14.9. The number of methoxy groups -OCH3 is 1. The van der Waals surface area contributed by atoms with Crippen LogP contribution >= 0.6 is 11.8 Å². The zero-order valence-electron chi connectivity index (χ0n) is 29.4. The van der Waals surface area contributed by atoms with E-state index in [1.807, 2.05) is 61.7 Å². The Hall–Kier alpha value is -3.14. The number of esters is 1. The fourth-order valence-electron chi connectivity index (χ4n) is 6.41. The van der Waals surface area contributed by atoms with Crippen LogP contribution in [0.25, 0.3) is 11.1 Å². The highest BCUT2D eigenvalue weighted by Gasteiger charge is 2.28. The van der Waals surface area contributed by atoms with Crippen LogP contribution in [0.2, 0.25) is 0 Å². The fraction of sp³-hybridized carbons (Fsp3) is 0.487. The minimum atomic E-state index is -3.81. The molecule has 7 nitrogen and oxygen atoms in total. The summed E-state index contributed by atoms with van der Waals surface area (Å²) in [4.78, 5) is 26.6. The summed E-state index contributed by atoms with van der Waals surface area (Å²) in [6.45, 7) is 8.93. The molecule has 0 spiro atoms. The monoisotopic (exact) mass is 692 g/mol. The van der Waals surface area contributed by atoms with Gasteiger partial charge in [0.1, 0.15) is 6.04 Å². The first kappa shape index (κ1) is 37.7. The zero-order chi connectivity index (χ0) is 34.9. The van der Waals surface area contributed by atoms with Crippen LogP contribution in [0, 0.1) is 12.8 Å². The molecule has 1 aliphatic rings. The molecule has 0 saturated heterocycles. The molecule has 9 heteroatoms. The van der Waals surface area contributed by atoms with Gasteiger partial charge in [-0.1, -0.05) is 95.3 Å². The summed E-state index contributed by atoms with van der Waals surface area (Å²) < 4.78 is 35.1. The van der Waals surface area contributed by atoms with Crippen molar-refractivity contribution in [3.05, 3.63) is 89.0 Å². The van der Waals surface area contributed by atoms with Gasteiger partial charge in [-0.25, -0.2) is 13.2 Å². The van der Waals surface area contributed by atoms with Crippen LogP contribution in [0.4, 0.5) is 0 Å². The lowest BCUT2D eigenvalue weighted by Gasteiger charge is -2.27. The maximum atomic E-state index is 14.3. The van der Waals surface area contributed by atoms with E-state index in [1.165, 1.54) is 26.4 Å². The van der Waals surface area contributed by atoms with Crippen molar-refractivity contribution in [1.29, 1.82) is 0 Å². The molecule has 1 aliphatic carbocycles. The van der Waals surface area contributed by atoms with E-state index in [9.17, 15) is 18.0 Å². The van der Waals surface area contributed by atoms with Gasteiger partial charge in [-0.15, -0.1) is 0 Å². The number of nitrogens with one attached hydrogen (secondary N) is 1. The van der Waals surface area contributed by atoms with Crippen LogP contribution in [0.15, 0.2) is 71.6 Å². The summed E-state index contributed by atoms with van der Waals surface area (Å²) in [5.41, 5.74) is 4.74. The van der Waals surface area contributed by atoms with E-state index in [2.05, 4.69) is 26.1 Å². The second-order valence-electron chi connectivity index (χ2n) is 13.9. The van der Waals surface area contributed by atoms with Crippen LogP contribution in [0.5, 0.6) is 0 Å². The van der Waals surface area contributed by atoms with Gasteiger partial charge in [-0.2, -0.15) is 16.1 Å². The van der Waals surface area contributed by atoms with Crippen LogP contribution in [-0.4, -0.2) is 56.3 Å². The van der Waals surface area contributed by atoms with Gasteiger partial charge in [-0.05, 0) is 95.2 Å². The molecule has 0 aliphatic heterocycles. The first-order valence-corrected chi connectivity index (χ1v) is 19.9. The van der Waals surface area contributed by atoms with Crippen molar-refractivity contribution in [2.75, 3.05) is 25.7 Å². The number of sulfonamides is 1. The third kappa shape index (κ3) is 9.73. The van der Waals surface area contributed by atoms with E-state index in [1.54, 1.807) is 34.3 Å². The second kappa shape index (κ2) is 17.0. The van der Waals surface area contributed by atoms with E-state index in [0.29, 0.717) is 35.8 Å². The number of carbonyl (C=O) groups is 2. The molecule has 1 atom stereocenters. The van der Waals surface area contributed by atoms with Gasteiger partial charge in [-0.3, -0.25) is 4.79 Å². The number of benzene rings is 3. The maximum Gasteiger partial charge on any atom is 0.328 e. The van der Waals surface area contributed by atoms with Gasteiger partial charge in [0.05, 0.1) is 12.0 Å². The third-order valence-electron chi connectivity index (χ3n) is 9.39. The number of thioether (sulfide) groups is 1. The Labute approximate surface area is 292 Å². The number of hydrogen-bond acceptors (Lipinski definition) is 6. The highest BCUT2D eigenvalue weighted by molar-refractivity contribution is 7.98. The lowest BCUT2D eigenvalue weighted by atomic mass is 9.87. The van der Waals surface area contributed by atoms with Crippen molar-refractivity contribution in [3.63, 3.8) is 0 Å². The molecule has 260 valence electrons. The van der Waals surface area contributed by atoms with Gasteiger partial charge < -0.3 is 10.1 Å². The number of nitrogens with zero attached hydrogens (tertiary/aromatic N) is 1. The zero-order valence-corrected chi connectivity index (χ0v) is 31.0. The Morgan fingerprint density at radius 1 is 0.979 bits per heavy atom. The van der Waals surface area contributed by atoms with Crippen molar-refractivity contribution in [2.24, 2.45) is 5.92 Å². The molecular weight excluding hydrogens is 641 g/mol. The molecule has 1 fully saturated rings. The van der Waals surface area contributed by atoms with Crippen LogP contribution in [-0.2, 0) is 31.5 Å². The predicted octanol–water partition coefficient (Wildman–Crippen LogP) is 8.15. The largest absolute Gasteiger partial charge is 0.467 e. The average molecular weight is 693 g/mol.